The molecule has 0 saturated heterocycles. The summed E-state index contributed by atoms with van der Waals surface area (Å²) in [5.41, 5.74) is 2.71. The second kappa shape index (κ2) is 11.4. The number of benzene rings is 3. The number of rotatable bonds is 11. The number of amides is 1. The van der Waals surface area contributed by atoms with E-state index in [-0.39, 0.29) is 17.2 Å². The monoisotopic (exact) mass is 509 g/mol. The zero-order valence-corrected chi connectivity index (χ0v) is 20.9. The third-order valence-corrected chi connectivity index (χ3v) is 7.66. The molecule has 35 heavy (non-hydrogen) atoms. The Morgan fingerprint density at radius 3 is 2.40 bits per heavy atom. The Morgan fingerprint density at radius 2 is 1.69 bits per heavy atom. The SMILES string of the molecule is CCN(CCNC(=O)[C@@H](Cc1ccccc1)NS(=O)(=O)c1cccc2nsnc12)c1ccccc1. The van der Waals surface area contributed by atoms with Crippen LogP contribution >= 0.6 is 11.7 Å². The van der Waals surface area contributed by atoms with E-state index in [0.717, 1.165) is 29.5 Å². The van der Waals surface area contributed by atoms with Gasteiger partial charge < -0.3 is 10.2 Å². The summed E-state index contributed by atoms with van der Waals surface area (Å²) in [5.74, 6) is -0.384. The third kappa shape index (κ3) is 6.21. The van der Waals surface area contributed by atoms with Gasteiger partial charge in [-0.1, -0.05) is 54.6 Å². The normalized spacial score (nSPS) is 12.4. The maximum absolute atomic E-state index is 13.3. The zero-order valence-electron chi connectivity index (χ0n) is 19.3. The maximum Gasteiger partial charge on any atom is 0.243 e. The highest BCUT2D eigenvalue weighted by Crippen LogP contribution is 2.21. The fraction of sp³-hybridized carbons (Fsp3) is 0.240. The summed E-state index contributed by atoms with van der Waals surface area (Å²) >= 11 is 0.949. The van der Waals surface area contributed by atoms with Crippen molar-refractivity contribution in [2.45, 2.75) is 24.3 Å². The number of anilines is 1. The van der Waals surface area contributed by atoms with Gasteiger partial charge in [-0.2, -0.15) is 13.5 Å². The molecule has 1 amide bonds. The first-order chi connectivity index (χ1) is 17.0. The molecule has 1 atom stereocenters. The van der Waals surface area contributed by atoms with Gasteiger partial charge in [0.05, 0.1) is 11.7 Å². The van der Waals surface area contributed by atoms with Crippen LogP contribution in [-0.2, 0) is 21.2 Å². The van der Waals surface area contributed by atoms with Gasteiger partial charge in [-0.3, -0.25) is 4.79 Å². The largest absolute Gasteiger partial charge is 0.370 e. The minimum atomic E-state index is -4.03. The van der Waals surface area contributed by atoms with E-state index in [0.29, 0.717) is 24.1 Å². The van der Waals surface area contributed by atoms with Crippen LogP contribution in [0.5, 0.6) is 0 Å². The molecule has 10 heteroatoms. The fourth-order valence-electron chi connectivity index (χ4n) is 3.83. The molecule has 0 spiro atoms. The smallest absolute Gasteiger partial charge is 0.243 e. The molecule has 0 fully saturated rings. The second-order valence-corrected chi connectivity index (χ2v) is 10.2. The van der Waals surface area contributed by atoms with Crippen molar-refractivity contribution in [2.75, 3.05) is 24.5 Å². The first-order valence-corrected chi connectivity index (χ1v) is 13.5. The van der Waals surface area contributed by atoms with Crippen molar-refractivity contribution in [3.63, 3.8) is 0 Å². The van der Waals surface area contributed by atoms with E-state index in [1.54, 1.807) is 12.1 Å². The lowest BCUT2D eigenvalue weighted by atomic mass is 10.1. The molecule has 1 aromatic heterocycles. The summed E-state index contributed by atoms with van der Waals surface area (Å²) in [7, 11) is -4.03. The number of nitrogens with zero attached hydrogens (tertiary/aromatic N) is 3. The lowest BCUT2D eigenvalue weighted by molar-refractivity contribution is -0.122. The van der Waals surface area contributed by atoms with Crippen LogP contribution in [-0.4, -0.2) is 48.7 Å². The molecule has 3 aromatic carbocycles. The molecular weight excluding hydrogens is 482 g/mol. The van der Waals surface area contributed by atoms with Crippen molar-refractivity contribution in [2.24, 2.45) is 0 Å². The Kier molecular flexibility index (Phi) is 8.06. The number of carbonyl (C=O) groups excluding carboxylic acids is 1. The Labute approximate surface area is 209 Å². The molecule has 1 heterocycles. The third-order valence-electron chi connectivity index (χ3n) is 5.62. The quantitative estimate of drug-likeness (QED) is 0.322. The number of fused-ring (bicyclic) bond motifs is 1. The summed E-state index contributed by atoms with van der Waals surface area (Å²) in [6.45, 7) is 3.81. The molecule has 8 nitrogen and oxygen atoms in total. The van der Waals surface area contributed by atoms with Gasteiger partial charge in [-0.05, 0) is 43.2 Å². The molecular formula is C25H27N5O3S2. The Bertz CT molecular complexity index is 1360. The first kappa shape index (κ1) is 24.8. The van der Waals surface area contributed by atoms with Crippen LogP contribution in [0.1, 0.15) is 12.5 Å². The lowest BCUT2D eigenvalue weighted by Gasteiger charge is -2.24. The van der Waals surface area contributed by atoms with Crippen LogP contribution < -0.4 is 14.9 Å². The average Bonchev–Trinajstić information content (AvgIpc) is 3.36. The van der Waals surface area contributed by atoms with Crippen molar-refractivity contribution in [1.82, 2.24) is 18.8 Å². The van der Waals surface area contributed by atoms with Crippen molar-refractivity contribution in [3.8, 4) is 0 Å². The highest BCUT2D eigenvalue weighted by atomic mass is 32.2. The molecule has 2 N–H and O–H groups in total. The van der Waals surface area contributed by atoms with Gasteiger partial charge in [0, 0.05) is 25.3 Å². The number of nitrogens with one attached hydrogen (secondary N) is 2. The van der Waals surface area contributed by atoms with E-state index >= 15 is 0 Å². The molecule has 0 aliphatic carbocycles. The number of likely N-dealkylation sites (N-methyl/N-ethyl adjacent to an activating group) is 1. The molecule has 0 aliphatic heterocycles. The minimum absolute atomic E-state index is 0.0100. The standard InChI is InChI=1S/C25H27N5O3S2/c1-2-30(20-12-7-4-8-13-20)17-16-26-25(31)22(18-19-10-5-3-6-11-19)29-35(32,33)23-15-9-14-21-24(23)28-34-27-21/h3-15,22,29H,2,16-18H2,1H3,(H,26,31)/t22-/m1/s1. The zero-order chi connectivity index (χ0) is 24.7. The molecule has 0 unspecified atom stereocenters. The lowest BCUT2D eigenvalue weighted by Crippen LogP contribution is -2.49. The number of aromatic nitrogens is 2. The van der Waals surface area contributed by atoms with E-state index in [1.807, 2.05) is 60.7 Å². The first-order valence-electron chi connectivity index (χ1n) is 11.3. The van der Waals surface area contributed by atoms with E-state index in [2.05, 4.69) is 30.6 Å². The van der Waals surface area contributed by atoms with Gasteiger partial charge in [-0.15, -0.1) is 0 Å². The maximum atomic E-state index is 13.3. The number of hydrogen-bond acceptors (Lipinski definition) is 7. The highest BCUT2D eigenvalue weighted by molar-refractivity contribution is 7.89. The van der Waals surface area contributed by atoms with Gasteiger partial charge >= 0.3 is 0 Å². The minimum Gasteiger partial charge on any atom is -0.370 e. The summed E-state index contributed by atoms with van der Waals surface area (Å²) in [5, 5.41) is 2.91. The fourth-order valence-corrected chi connectivity index (χ4v) is 5.79. The van der Waals surface area contributed by atoms with Crippen molar-refractivity contribution in [3.05, 3.63) is 84.4 Å². The molecule has 182 valence electrons. The second-order valence-electron chi connectivity index (χ2n) is 7.96. The number of sulfonamides is 1. The van der Waals surface area contributed by atoms with Crippen LogP contribution in [0.25, 0.3) is 11.0 Å². The summed E-state index contributed by atoms with van der Waals surface area (Å²) in [4.78, 5) is 15.3. The Hall–Kier alpha value is -3.34. The molecule has 0 saturated carbocycles. The molecule has 0 radical (unpaired) electrons. The van der Waals surface area contributed by atoms with Gasteiger partial charge in [-0.25, -0.2) is 8.42 Å². The van der Waals surface area contributed by atoms with Crippen LogP contribution in [0, 0.1) is 0 Å². The van der Waals surface area contributed by atoms with E-state index < -0.39 is 16.1 Å². The molecule has 0 aliphatic rings. The topological polar surface area (TPSA) is 104 Å². The number of carbonyl (C=O) groups is 1. The summed E-state index contributed by atoms with van der Waals surface area (Å²) < 4.78 is 37.5. The van der Waals surface area contributed by atoms with E-state index in [9.17, 15) is 13.2 Å². The Morgan fingerprint density at radius 1 is 0.971 bits per heavy atom. The summed E-state index contributed by atoms with van der Waals surface area (Å²) in [6, 6.07) is 23.1. The summed E-state index contributed by atoms with van der Waals surface area (Å²) in [6.07, 6.45) is 0.216. The van der Waals surface area contributed by atoms with Gasteiger partial charge in [0.25, 0.3) is 0 Å². The van der Waals surface area contributed by atoms with Crippen molar-refractivity contribution < 1.29 is 13.2 Å². The van der Waals surface area contributed by atoms with Crippen LogP contribution in [0.2, 0.25) is 0 Å². The van der Waals surface area contributed by atoms with Gasteiger partial charge in [0.15, 0.2) is 0 Å². The number of hydrogen-bond donors (Lipinski definition) is 2. The van der Waals surface area contributed by atoms with Crippen molar-refractivity contribution in [1.29, 1.82) is 0 Å². The molecule has 4 aromatic rings. The van der Waals surface area contributed by atoms with Crippen LogP contribution in [0.3, 0.4) is 0 Å². The van der Waals surface area contributed by atoms with E-state index in [1.165, 1.54) is 6.07 Å². The predicted octanol–water partition coefficient (Wildman–Crippen LogP) is 3.22. The average molecular weight is 510 g/mol. The van der Waals surface area contributed by atoms with Crippen LogP contribution in [0.15, 0.2) is 83.8 Å². The number of para-hydroxylation sites is 1. The van der Waals surface area contributed by atoms with Gasteiger partial charge in [0.2, 0.25) is 15.9 Å². The van der Waals surface area contributed by atoms with Crippen LogP contribution in [0.4, 0.5) is 5.69 Å². The van der Waals surface area contributed by atoms with E-state index in [4.69, 9.17) is 0 Å². The predicted molar refractivity (Wildman–Crippen MR) is 139 cm³/mol. The molecule has 0 bridgehead atoms. The Balaban J connectivity index is 1.50. The molecule has 4 rings (SSSR count). The van der Waals surface area contributed by atoms with Crippen molar-refractivity contribution >= 4 is 44.4 Å². The highest BCUT2D eigenvalue weighted by Gasteiger charge is 2.28. The van der Waals surface area contributed by atoms with Gasteiger partial charge in [0.1, 0.15) is 22.0 Å².